The van der Waals surface area contributed by atoms with E-state index in [4.69, 9.17) is 21.3 Å². The molecule has 0 aliphatic rings. The Balaban J connectivity index is 2.37. The van der Waals surface area contributed by atoms with Gasteiger partial charge in [0.25, 0.3) is 0 Å². The summed E-state index contributed by atoms with van der Waals surface area (Å²) in [6.07, 6.45) is 1.52. The van der Waals surface area contributed by atoms with Gasteiger partial charge in [0.15, 0.2) is 0 Å². The molecule has 3 rings (SSSR count). The summed E-state index contributed by atoms with van der Waals surface area (Å²) in [5.41, 5.74) is 2.84. The van der Waals surface area contributed by atoms with Gasteiger partial charge in [-0.25, -0.2) is 4.98 Å². The molecule has 0 radical (unpaired) electrons. The lowest BCUT2D eigenvalue weighted by molar-refractivity contribution is 0.570. The highest BCUT2D eigenvalue weighted by Gasteiger charge is 2.16. The van der Waals surface area contributed by atoms with Crippen LogP contribution in [0, 0.1) is 11.3 Å². The van der Waals surface area contributed by atoms with Crippen molar-refractivity contribution < 1.29 is 4.42 Å². The van der Waals surface area contributed by atoms with Gasteiger partial charge in [-0.05, 0) is 29.8 Å². The monoisotopic (exact) mass is 257 g/mol. The molecule has 0 saturated carbocycles. The molecule has 2 heterocycles. The molecule has 0 saturated heterocycles. The maximum absolute atomic E-state index is 9.08. The van der Waals surface area contributed by atoms with E-state index < -0.39 is 0 Å². The quantitative estimate of drug-likeness (QED) is 0.672. The van der Waals surface area contributed by atoms with Gasteiger partial charge in [-0.15, -0.1) is 0 Å². The molecule has 0 aliphatic carbocycles. The van der Waals surface area contributed by atoms with Gasteiger partial charge in [0, 0.05) is 7.05 Å². The van der Waals surface area contributed by atoms with Crippen LogP contribution in [0.4, 0.5) is 0 Å². The first-order valence-electron chi connectivity index (χ1n) is 5.31. The van der Waals surface area contributed by atoms with E-state index >= 15 is 0 Å². The first-order chi connectivity index (χ1) is 8.72. The predicted molar refractivity (Wildman–Crippen MR) is 68.1 cm³/mol. The van der Waals surface area contributed by atoms with Gasteiger partial charge in [0.2, 0.25) is 5.22 Å². The number of halogens is 1. The van der Waals surface area contributed by atoms with Crippen LogP contribution in [-0.2, 0) is 7.05 Å². The molecule has 4 nitrogen and oxygen atoms in total. The fraction of sp³-hybridized carbons (Fsp3) is 0.0769. The highest BCUT2D eigenvalue weighted by molar-refractivity contribution is 6.31. The number of fused-ring (bicyclic) bond motifs is 1. The van der Waals surface area contributed by atoms with Gasteiger partial charge in [-0.3, -0.25) is 0 Å². The van der Waals surface area contributed by atoms with E-state index in [1.165, 1.54) is 6.26 Å². The normalized spacial score (nSPS) is 10.7. The molecule has 0 bridgehead atoms. The molecule has 0 unspecified atom stereocenters. The van der Waals surface area contributed by atoms with E-state index in [-0.39, 0.29) is 0 Å². The molecule has 1 aromatic carbocycles. The van der Waals surface area contributed by atoms with Gasteiger partial charge in [0.1, 0.15) is 17.4 Å². The molecular formula is C13H8ClN3O. The van der Waals surface area contributed by atoms with Crippen molar-refractivity contribution in [3.05, 3.63) is 41.3 Å². The lowest BCUT2D eigenvalue weighted by atomic mass is 10.2. The van der Waals surface area contributed by atoms with Crippen LogP contribution in [-0.4, -0.2) is 9.55 Å². The second-order valence-electron chi connectivity index (χ2n) is 3.89. The number of benzene rings is 1. The molecule has 0 spiro atoms. The van der Waals surface area contributed by atoms with E-state index in [0.717, 1.165) is 11.1 Å². The maximum Gasteiger partial charge on any atom is 0.203 e. The average molecular weight is 258 g/mol. The minimum atomic E-state index is 0.298. The van der Waals surface area contributed by atoms with Crippen molar-refractivity contribution in [3.8, 4) is 17.5 Å². The summed E-state index contributed by atoms with van der Waals surface area (Å²) in [4.78, 5) is 4.48. The summed E-state index contributed by atoms with van der Waals surface area (Å²) >= 11 is 5.96. The first kappa shape index (κ1) is 10.9. The molecule has 5 heteroatoms. The van der Waals surface area contributed by atoms with Crippen LogP contribution in [0.5, 0.6) is 0 Å². The number of aromatic nitrogens is 2. The van der Waals surface area contributed by atoms with E-state index in [1.807, 2.05) is 23.7 Å². The Labute approximate surface area is 108 Å². The molecule has 3 aromatic rings. The molecule has 0 atom stereocenters. The Hall–Kier alpha value is -2.25. The smallest absolute Gasteiger partial charge is 0.203 e. The van der Waals surface area contributed by atoms with Crippen LogP contribution in [0.3, 0.4) is 0 Å². The van der Waals surface area contributed by atoms with Crippen LogP contribution >= 0.6 is 11.6 Å². The number of para-hydroxylation sites is 1. The second-order valence-corrected chi connectivity index (χ2v) is 4.23. The molecule has 0 aliphatic heterocycles. The molecule has 88 valence electrons. The van der Waals surface area contributed by atoms with Crippen molar-refractivity contribution in [1.82, 2.24) is 9.55 Å². The number of hydrogen-bond acceptors (Lipinski definition) is 3. The first-order valence-corrected chi connectivity index (χ1v) is 5.69. The standard InChI is InChI=1S/C13H8ClN3O/c1-17-10-4-2-3-8(7-15)11(10)16-13(17)9-5-6-18-12(9)14/h2-6H,1H3. The molecular weight excluding hydrogens is 250 g/mol. The third-order valence-electron chi connectivity index (χ3n) is 2.89. The Morgan fingerprint density at radius 1 is 1.39 bits per heavy atom. The fourth-order valence-corrected chi connectivity index (χ4v) is 2.20. The number of hydrogen-bond donors (Lipinski definition) is 0. The highest BCUT2D eigenvalue weighted by Crippen LogP contribution is 2.31. The van der Waals surface area contributed by atoms with Gasteiger partial charge in [0.05, 0.1) is 22.9 Å². The maximum atomic E-state index is 9.08. The van der Waals surface area contributed by atoms with Gasteiger partial charge in [-0.1, -0.05) is 6.07 Å². The average Bonchev–Trinajstić information content (AvgIpc) is 2.93. The Morgan fingerprint density at radius 2 is 2.22 bits per heavy atom. The number of nitrogens with zero attached hydrogens (tertiary/aromatic N) is 3. The highest BCUT2D eigenvalue weighted by atomic mass is 35.5. The largest absolute Gasteiger partial charge is 0.452 e. The predicted octanol–water partition coefficient (Wildman–Crippen LogP) is 3.36. The summed E-state index contributed by atoms with van der Waals surface area (Å²) in [5, 5.41) is 9.38. The number of furan rings is 1. The molecule has 0 N–H and O–H groups in total. The lowest BCUT2D eigenvalue weighted by Crippen LogP contribution is -1.91. The van der Waals surface area contributed by atoms with Crippen molar-refractivity contribution >= 4 is 22.6 Å². The van der Waals surface area contributed by atoms with Crippen molar-refractivity contribution in [3.63, 3.8) is 0 Å². The van der Waals surface area contributed by atoms with Crippen LogP contribution in [0.15, 0.2) is 34.9 Å². The van der Waals surface area contributed by atoms with Crippen LogP contribution < -0.4 is 0 Å². The Morgan fingerprint density at radius 3 is 2.89 bits per heavy atom. The van der Waals surface area contributed by atoms with Crippen LogP contribution in [0.1, 0.15) is 5.56 Å². The number of imidazole rings is 1. The SMILES string of the molecule is Cn1c(-c2ccoc2Cl)nc2c(C#N)cccc21. The van der Waals surface area contributed by atoms with Crippen LogP contribution in [0.2, 0.25) is 5.22 Å². The zero-order valence-electron chi connectivity index (χ0n) is 9.51. The van der Waals surface area contributed by atoms with Crippen LogP contribution in [0.25, 0.3) is 22.4 Å². The summed E-state index contributed by atoms with van der Waals surface area (Å²) in [5.74, 6) is 0.687. The minimum Gasteiger partial charge on any atom is -0.452 e. The van der Waals surface area contributed by atoms with Gasteiger partial charge in [-0.2, -0.15) is 5.26 Å². The third kappa shape index (κ3) is 1.41. The van der Waals surface area contributed by atoms with Gasteiger partial charge < -0.3 is 8.98 Å². The number of nitriles is 1. The number of rotatable bonds is 1. The van der Waals surface area contributed by atoms with Crippen molar-refractivity contribution in [2.24, 2.45) is 7.05 Å². The molecule has 0 amide bonds. The summed E-state index contributed by atoms with van der Waals surface area (Å²) in [6.45, 7) is 0. The van der Waals surface area contributed by atoms with Crippen molar-refractivity contribution in [2.45, 2.75) is 0 Å². The second kappa shape index (κ2) is 3.90. The molecule has 2 aromatic heterocycles. The van der Waals surface area contributed by atoms with E-state index in [0.29, 0.717) is 22.1 Å². The van der Waals surface area contributed by atoms with E-state index in [2.05, 4.69) is 11.1 Å². The molecule has 18 heavy (non-hydrogen) atoms. The van der Waals surface area contributed by atoms with E-state index in [9.17, 15) is 0 Å². The van der Waals surface area contributed by atoms with Gasteiger partial charge >= 0.3 is 0 Å². The zero-order chi connectivity index (χ0) is 12.7. The Bertz CT molecular complexity index is 779. The molecule has 0 fully saturated rings. The lowest BCUT2D eigenvalue weighted by Gasteiger charge is -1.99. The number of aryl methyl sites for hydroxylation is 1. The summed E-state index contributed by atoms with van der Waals surface area (Å²) < 4.78 is 6.97. The summed E-state index contributed by atoms with van der Waals surface area (Å²) in [7, 11) is 1.88. The van der Waals surface area contributed by atoms with E-state index in [1.54, 1.807) is 12.1 Å². The zero-order valence-corrected chi connectivity index (χ0v) is 10.3. The van der Waals surface area contributed by atoms with Crippen molar-refractivity contribution in [2.75, 3.05) is 0 Å². The summed E-state index contributed by atoms with van der Waals surface area (Å²) in [6, 6.07) is 9.40. The Kier molecular flexibility index (Phi) is 2.35. The minimum absolute atomic E-state index is 0.298. The fourth-order valence-electron chi connectivity index (χ4n) is 2.00. The third-order valence-corrected chi connectivity index (χ3v) is 3.18. The topological polar surface area (TPSA) is 54.8 Å². The van der Waals surface area contributed by atoms with Crippen molar-refractivity contribution in [1.29, 1.82) is 5.26 Å².